The molecule has 0 aromatic carbocycles. The molecule has 0 bridgehead atoms. The first-order valence-corrected chi connectivity index (χ1v) is 9.14. The lowest BCUT2D eigenvalue weighted by atomic mass is 10.1. The van der Waals surface area contributed by atoms with Gasteiger partial charge in [0, 0.05) is 17.5 Å². The van der Waals surface area contributed by atoms with Crippen molar-refractivity contribution in [2.24, 2.45) is 5.92 Å². The lowest BCUT2D eigenvalue weighted by Gasteiger charge is -2.16. The maximum absolute atomic E-state index is 12.3. The molecule has 0 spiro atoms. The highest BCUT2D eigenvalue weighted by molar-refractivity contribution is 7.91. The van der Waals surface area contributed by atoms with E-state index in [9.17, 15) is 8.42 Å². The Balaban J connectivity index is 2.04. The van der Waals surface area contributed by atoms with Gasteiger partial charge in [-0.25, -0.2) is 13.1 Å². The third-order valence-electron chi connectivity index (χ3n) is 3.62. The minimum atomic E-state index is -3.34. The summed E-state index contributed by atoms with van der Waals surface area (Å²) in [5.41, 5.74) is 0. The Hall–Kier alpha value is -0.430. The third-order valence-corrected chi connectivity index (χ3v) is 6.69. The molecule has 1 fully saturated rings. The number of hydrogen-bond donors (Lipinski definition) is 2. The topological polar surface area (TPSA) is 58.2 Å². The Bertz CT molecular complexity index is 510. The van der Waals surface area contributed by atoms with Crippen LogP contribution in [0.1, 0.15) is 38.0 Å². The number of sulfonamides is 1. The fourth-order valence-electron chi connectivity index (χ4n) is 2.42. The zero-order chi connectivity index (χ0) is 13.9. The van der Waals surface area contributed by atoms with Crippen LogP contribution in [0.15, 0.2) is 16.3 Å². The zero-order valence-corrected chi connectivity index (χ0v) is 13.1. The van der Waals surface area contributed by atoms with Gasteiger partial charge in [-0.15, -0.1) is 11.3 Å². The summed E-state index contributed by atoms with van der Waals surface area (Å²) in [4.78, 5) is 1.06. The second-order valence-electron chi connectivity index (χ2n) is 5.14. The monoisotopic (exact) mass is 302 g/mol. The van der Waals surface area contributed by atoms with E-state index in [1.165, 1.54) is 11.3 Å². The number of hydrogen-bond acceptors (Lipinski definition) is 4. The molecule has 4 nitrogen and oxygen atoms in total. The first kappa shape index (κ1) is 15.0. The van der Waals surface area contributed by atoms with E-state index in [2.05, 4.69) is 17.0 Å². The molecule has 1 aromatic heterocycles. The molecule has 1 aliphatic rings. The molecule has 2 N–H and O–H groups in total. The van der Waals surface area contributed by atoms with Gasteiger partial charge in [-0.3, -0.25) is 0 Å². The molecule has 0 saturated heterocycles. The standard InChI is InChI=1S/C13H22N2O2S2/c1-3-14-9-11-7-8-13(18-11)19(16,17)15-12-6-4-5-10(12)2/h7-8,10,12,14-15H,3-6,9H2,1-2H3. The lowest BCUT2D eigenvalue weighted by Crippen LogP contribution is -2.35. The molecule has 19 heavy (non-hydrogen) atoms. The van der Waals surface area contributed by atoms with Crippen LogP contribution in [0.4, 0.5) is 0 Å². The highest BCUT2D eigenvalue weighted by Crippen LogP contribution is 2.28. The van der Waals surface area contributed by atoms with Gasteiger partial charge in [0.25, 0.3) is 0 Å². The first-order chi connectivity index (χ1) is 9.03. The predicted molar refractivity (Wildman–Crippen MR) is 78.8 cm³/mol. The summed E-state index contributed by atoms with van der Waals surface area (Å²) in [5, 5.41) is 3.20. The van der Waals surface area contributed by atoms with Crippen LogP contribution in [0.5, 0.6) is 0 Å². The molecule has 1 saturated carbocycles. The van der Waals surface area contributed by atoms with Crippen LogP contribution in [0.3, 0.4) is 0 Å². The van der Waals surface area contributed by atoms with Gasteiger partial charge < -0.3 is 5.32 Å². The van der Waals surface area contributed by atoms with Crippen LogP contribution in [0.2, 0.25) is 0 Å². The zero-order valence-electron chi connectivity index (χ0n) is 11.5. The van der Waals surface area contributed by atoms with E-state index >= 15 is 0 Å². The fraction of sp³-hybridized carbons (Fsp3) is 0.692. The third kappa shape index (κ3) is 3.78. The fourth-order valence-corrected chi connectivity index (χ4v) is 5.14. The van der Waals surface area contributed by atoms with Gasteiger partial charge in [0.2, 0.25) is 10.0 Å². The molecule has 1 aliphatic carbocycles. The van der Waals surface area contributed by atoms with Crippen LogP contribution in [0.25, 0.3) is 0 Å². The van der Waals surface area contributed by atoms with Crippen molar-refractivity contribution in [1.82, 2.24) is 10.0 Å². The number of thiophene rings is 1. The Morgan fingerprint density at radius 2 is 2.16 bits per heavy atom. The second-order valence-corrected chi connectivity index (χ2v) is 8.25. The average molecular weight is 302 g/mol. The maximum Gasteiger partial charge on any atom is 0.250 e. The molecule has 108 valence electrons. The Kier molecular flexibility index (Phi) is 5.00. The minimum absolute atomic E-state index is 0.101. The molecule has 6 heteroatoms. The van der Waals surface area contributed by atoms with Gasteiger partial charge in [-0.05, 0) is 37.4 Å². The van der Waals surface area contributed by atoms with Crippen LogP contribution in [0, 0.1) is 5.92 Å². The van der Waals surface area contributed by atoms with E-state index in [-0.39, 0.29) is 6.04 Å². The number of nitrogens with one attached hydrogen (secondary N) is 2. The predicted octanol–water partition coefficient (Wildman–Crippen LogP) is 2.32. The summed E-state index contributed by atoms with van der Waals surface area (Å²) in [6.45, 7) is 5.77. The van der Waals surface area contributed by atoms with E-state index in [0.29, 0.717) is 10.1 Å². The summed E-state index contributed by atoms with van der Waals surface area (Å²) in [6.07, 6.45) is 3.18. The van der Waals surface area contributed by atoms with Gasteiger partial charge in [-0.2, -0.15) is 0 Å². The van der Waals surface area contributed by atoms with Crippen molar-refractivity contribution in [2.45, 2.75) is 49.9 Å². The van der Waals surface area contributed by atoms with Crippen LogP contribution in [-0.4, -0.2) is 21.0 Å². The van der Waals surface area contributed by atoms with E-state index in [1.54, 1.807) is 6.07 Å². The Morgan fingerprint density at radius 3 is 2.79 bits per heavy atom. The number of rotatable bonds is 6. The summed E-state index contributed by atoms with van der Waals surface area (Å²) in [5.74, 6) is 0.441. The quantitative estimate of drug-likeness (QED) is 0.848. The molecular formula is C13H22N2O2S2. The minimum Gasteiger partial charge on any atom is -0.312 e. The average Bonchev–Trinajstić information content (AvgIpc) is 2.97. The molecule has 0 radical (unpaired) electrons. The highest BCUT2D eigenvalue weighted by Gasteiger charge is 2.28. The van der Waals surface area contributed by atoms with Crippen molar-refractivity contribution in [2.75, 3.05) is 6.54 Å². The van der Waals surface area contributed by atoms with Crippen molar-refractivity contribution >= 4 is 21.4 Å². The van der Waals surface area contributed by atoms with E-state index in [0.717, 1.165) is 37.2 Å². The van der Waals surface area contributed by atoms with Crippen molar-refractivity contribution in [3.63, 3.8) is 0 Å². The molecular weight excluding hydrogens is 280 g/mol. The normalized spacial score (nSPS) is 23.9. The van der Waals surface area contributed by atoms with Crippen molar-refractivity contribution in [3.8, 4) is 0 Å². The van der Waals surface area contributed by atoms with Gasteiger partial charge in [0.15, 0.2) is 0 Å². The van der Waals surface area contributed by atoms with Gasteiger partial charge in [-0.1, -0.05) is 20.3 Å². The second kappa shape index (κ2) is 6.35. The molecule has 0 amide bonds. The first-order valence-electron chi connectivity index (χ1n) is 6.84. The molecule has 0 aliphatic heterocycles. The van der Waals surface area contributed by atoms with Crippen LogP contribution >= 0.6 is 11.3 Å². The largest absolute Gasteiger partial charge is 0.312 e. The van der Waals surface area contributed by atoms with Gasteiger partial charge in [0.05, 0.1) is 0 Å². The molecule has 1 aromatic rings. The van der Waals surface area contributed by atoms with Crippen LogP contribution < -0.4 is 10.0 Å². The summed E-state index contributed by atoms with van der Waals surface area (Å²) in [7, 11) is -3.34. The van der Waals surface area contributed by atoms with Crippen molar-refractivity contribution in [3.05, 3.63) is 17.0 Å². The Morgan fingerprint density at radius 1 is 1.37 bits per heavy atom. The van der Waals surface area contributed by atoms with E-state index in [4.69, 9.17) is 0 Å². The lowest BCUT2D eigenvalue weighted by molar-refractivity contribution is 0.477. The molecule has 2 rings (SSSR count). The maximum atomic E-state index is 12.3. The van der Waals surface area contributed by atoms with Crippen molar-refractivity contribution < 1.29 is 8.42 Å². The summed E-state index contributed by atoms with van der Waals surface area (Å²) >= 11 is 1.35. The highest BCUT2D eigenvalue weighted by atomic mass is 32.2. The summed E-state index contributed by atoms with van der Waals surface area (Å²) in [6, 6.07) is 3.70. The van der Waals surface area contributed by atoms with Gasteiger partial charge >= 0.3 is 0 Å². The smallest absolute Gasteiger partial charge is 0.250 e. The summed E-state index contributed by atoms with van der Waals surface area (Å²) < 4.78 is 27.9. The van der Waals surface area contributed by atoms with E-state index < -0.39 is 10.0 Å². The SMILES string of the molecule is CCNCc1ccc(S(=O)(=O)NC2CCCC2C)s1. The van der Waals surface area contributed by atoms with Gasteiger partial charge in [0.1, 0.15) is 4.21 Å². The molecule has 2 atom stereocenters. The van der Waals surface area contributed by atoms with E-state index in [1.807, 2.05) is 13.0 Å². The van der Waals surface area contributed by atoms with Crippen molar-refractivity contribution in [1.29, 1.82) is 0 Å². The Labute approximate surface area is 119 Å². The molecule has 2 unspecified atom stereocenters. The molecule has 1 heterocycles. The van der Waals surface area contributed by atoms with Crippen LogP contribution in [-0.2, 0) is 16.6 Å².